The minimum atomic E-state index is -0.0251. The van der Waals surface area contributed by atoms with Gasteiger partial charge in [0, 0.05) is 18.5 Å². The molecule has 1 saturated heterocycles. The van der Waals surface area contributed by atoms with E-state index in [9.17, 15) is 9.59 Å². The Morgan fingerprint density at radius 1 is 1.26 bits per heavy atom. The summed E-state index contributed by atoms with van der Waals surface area (Å²) in [5.41, 5.74) is 2.33. The fraction of sp³-hybridized carbons (Fsp3) is 0.500. The van der Waals surface area contributed by atoms with Crippen LogP contribution in [-0.4, -0.2) is 45.9 Å². The first-order valence-corrected chi connectivity index (χ1v) is 13.9. The second kappa shape index (κ2) is 10.2. The molecule has 0 radical (unpaired) electrons. The number of thiophene rings is 1. The minimum Gasteiger partial charge on any atom is -0.376 e. The fourth-order valence-electron chi connectivity index (χ4n) is 4.88. The summed E-state index contributed by atoms with van der Waals surface area (Å²) in [6.45, 7) is 3.27. The molecule has 1 aliphatic carbocycles. The van der Waals surface area contributed by atoms with E-state index in [1.807, 2.05) is 44.3 Å². The summed E-state index contributed by atoms with van der Waals surface area (Å²) in [6, 6.07) is 10.0. The highest BCUT2D eigenvalue weighted by Crippen LogP contribution is 2.35. The van der Waals surface area contributed by atoms with Crippen molar-refractivity contribution in [3.05, 3.63) is 56.7 Å². The molecule has 2 unspecified atom stereocenters. The highest BCUT2D eigenvalue weighted by Gasteiger charge is 2.26. The Balaban J connectivity index is 1.42. The van der Waals surface area contributed by atoms with Crippen LogP contribution in [0.1, 0.15) is 54.7 Å². The Morgan fingerprint density at radius 2 is 2.06 bits per heavy atom. The second-order valence-corrected chi connectivity index (χ2v) is 11.2. The molecule has 2 aromatic heterocycles. The molecule has 1 aliphatic heterocycles. The van der Waals surface area contributed by atoms with Crippen molar-refractivity contribution in [1.82, 2.24) is 14.5 Å². The molecule has 1 fully saturated rings. The Hall–Kier alpha value is -2.16. The summed E-state index contributed by atoms with van der Waals surface area (Å²) in [7, 11) is 1.84. The van der Waals surface area contributed by atoms with Crippen molar-refractivity contribution in [2.45, 2.75) is 69.3 Å². The van der Waals surface area contributed by atoms with Crippen LogP contribution in [0.15, 0.2) is 40.3 Å². The molecule has 3 aromatic rings. The minimum absolute atomic E-state index is 0.0184. The van der Waals surface area contributed by atoms with Gasteiger partial charge in [0.1, 0.15) is 4.83 Å². The molecule has 2 atom stereocenters. The summed E-state index contributed by atoms with van der Waals surface area (Å²) in [4.78, 5) is 35.6. The lowest BCUT2D eigenvalue weighted by molar-refractivity contribution is -0.128. The highest BCUT2D eigenvalue weighted by atomic mass is 32.2. The molecule has 180 valence electrons. The molecule has 1 amide bonds. The van der Waals surface area contributed by atoms with Gasteiger partial charge in [-0.2, -0.15) is 0 Å². The first kappa shape index (κ1) is 23.6. The molecule has 3 heterocycles. The van der Waals surface area contributed by atoms with E-state index in [1.54, 1.807) is 20.8 Å². The molecule has 5 rings (SSSR count). The lowest BCUT2D eigenvalue weighted by Gasteiger charge is -2.25. The van der Waals surface area contributed by atoms with Crippen LogP contribution in [-0.2, 0) is 28.9 Å². The third kappa shape index (κ3) is 4.68. The first-order chi connectivity index (χ1) is 16.5. The summed E-state index contributed by atoms with van der Waals surface area (Å²) >= 11 is 3.02. The molecular formula is C26H31N3O3S2. The van der Waals surface area contributed by atoms with Gasteiger partial charge in [-0.25, -0.2) is 4.98 Å². The lowest BCUT2D eigenvalue weighted by atomic mass is 9.97. The Bertz CT molecular complexity index is 1230. The van der Waals surface area contributed by atoms with Crippen LogP contribution in [0.2, 0.25) is 0 Å². The predicted octanol–water partition coefficient (Wildman–Crippen LogP) is 4.83. The van der Waals surface area contributed by atoms with Gasteiger partial charge in [-0.15, -0.1) is 11.3 Å². The van der Waals surface area contributed by atoms with Crippen molar-refractivity contribution in [2.75, 3.05) is 19.4 Å². The Kier molecular flexibility index (Phi) is 7.09. The van der Waals surface area contributed by atoms with Gasteiger partial charge in [0.05, 0.1) is 29.8 Å². The number of thioether (sulfide) groups is 1. The maximum Gasteiger partial charge on any atom is 0.263 e. The van der Waals surface area contributed by atoms with Gasteiger partial charge in [-0.3, -0.25) is 14.2 Å². The zero-order valence-electron chi connectivity index (χ0n) is 19.8. The van der Waals surface area contributed by atoms with Gasteiger partial charge in [0.15, 0.2) is 5.16 Å². The van der Waals surface area contributed by atoms with Gasteiger partial charge < -0.3 is 9.64 Å². The van der Waals surface area contributed by atoms with Gasteiger partial charge in [0.2, 0.25) is 5.91 Å². The third-order valence-electron chi connectivity index (χ3n) is 7.03. The standard InChI is InChI=1S/C26H31N3O3S2/c1-17(18-9-4-3-5-10-18)28(2)22(30)16-33-26-27-24-23(20-12-6-7-13-21(20)34-24)25(31)29(26)15-19-11-8-14-32-19/h3-5,9-10,17,19H,6-8,11-16H2,1-2H3. The molecule has 0 N–H and O–H groups in total. The SMILES string of the molecule is CC(c1ccccc1)N(C)C(=O)CSc1nc2sc3c(c2c(=O)n1CC1CCCO1)CCCC3. The number of nitrogens with zero attached hydrogens (tertiary/aromatic N) is 3. The fourth-order valence-corrected chi connectivity index (χ4v) is 7.12. The average molecular weight is 498 g/mol. The first-order valence-electron chi connectivity index (χ1n) is 12.1. The summed E-state index contributed by atoms with van der Waals surface area (Å²) < 4.78 is 7.62. The quantitative estimate of drug-likeness (QED) is 0.346. The molecule has 1 aromatic carbocycles. The van der Waals surface area contributed by atoms with Crippen molar-refractivity contribution in [1.29, 1.82) is 0 Å². The normalized spacial score (nSPS) is 18.7. The van der Waals surface area contributed by atoms with E-state index in [0.29, 0.717) is 11.7 Å². The third-order valence-corrected chi connectivity index (χ3v) is 9.18. The van der Waals surface area contributed by atoms with Crippen molar-refractivity contribution < 1.29 is 9.53 Å². The van der Waals surface area contributed by atoms with E-state index in [4.69, 9.17) is 9.72 Å². The number of aryl methyl sites for hydroxylation is 2. The van der Waals surface area contributed by atoms with Gasteiger partial charge in [0.25, 0.3) is 5.56 Å². The maximum atomic E-state index is 13.7. The van der Waals surface area contributed by atoms with Crippen LogP contribution in [0.3, 0.4) is 0 Å². The number of benzene rings is 1. The van der Waals surface area contributed by atoms with Crippen LogP contribution in [0.5, 0.6) is 0 Å². The van der Waals surface area contributed by atoms with Crippen molar-refractivity contribution in [3.63, 3.8) is 0 Å². The number of rotatable bonds is 7. The van der Waals surface area contributed by atoms with Crippen LogP contribution < -0.4 is 5.56 Å². The lowest BCUT2D eigenvalue weighted by Crippen LogP contribution is -2.32. The van der Waals surface area contributed by atoms with Gasteiger partial charge in [-0.1, -0.05) is 42.1 Å². The van der Waals surface area contributed by atoms with E-state index in [1.165, 1.54) is 28.6 Å². The number of hydrogen-bond acceptors (Lipinski definition) is 6. The van der Waals surface area contributed by atoms with E-state index in [-0.39, 0.29) is 29.4 Å². The van der Waals surface area contributed by atoms with Gasteiger partial charge >= 0.3 is 0 Å². The van der Waals surface area contributed by atoms with Crippen LogP contribution in [0.4, 0.5) is 0 Å². The van der Waals surface area contributed by atoms with Crippen molar-refractivity contribution in [2.24, 2.45) is 0 Å². The molecular weight excluding hydrogens is 466 g/mol. The number of hydrogen-bond donors (Lipinski definition) is 0. The van der Waals surface area contributed by atoms with E-state index in [2.05, 4.69) is 0 Å². The smallest absolute Gasteiger partial charge is 0.263 e. The second-order valence-electron chi connectivity index (χ2n) is 9.22. The van der Waals surface area contributed by atoms with E-state index < -0.39 is 0 Å². The number of amides is 1. The number of fused-ring (bicyclic) bond motifs is 3. The Labute approximate surface area is 208 Å². The maximum absolute atomic E-state index is 13.7. The molecule has 2 aliphatic rings. The molecule has 0 spiro atoms. The number of carbonyl (C=O) groups is 1. The van der Waals surface area contributed by atoms with Gasteiger partial charge in [-0.05, 0) is 56.6 Å². The molecule has 34 heavy (non-hydrogen) atoms. The van der Waals surface area contributed by atoms with Crippen LogP contribution >= 0.6 is 23.1 Å². The van der Waals surface area contributed by atoms with E-state index >= 15 is 0 Å². The summed E-state index contributed by atoms with van der Waals surface area (Å²) in [5.74, 6) is 0.257. The Morgan fingerprint density at radius 3 is 2.82 bits per heavy atom. The van der Waals surface area contributed by atoms with E-state index in [0.717, 1.165) is 54.5 Å². The summed E-state index contributed by atoms with van der Waals surface area (Å²) in [6.07, 6.45) is 6.29. The molecule has 0 saturated carbocycles. The predicted molar refractivity (Wildman–Crippen MR) is 138 cm³/mol. The summed E-state index contributed by atoms with van der Waals surface area (Å²) in [5, 5.41) is 1.42. The number of carbonyl (C=O) groups excluding carboxylic acids is 1. The van der Waals surface area contributed by atoms with Crippen molar-refractivity contribution >= 4 is 39.2 Å². The van der Waals surface area contributed by atoms with Crippen LogP contribution in [0.25, 0.3) is 10.2 Å². The van der Waals surface area contributed by atoms with Crippen LogP contribution in [0, 0.1) is 0 Å². The topological polar surface area (TPSA) is 64.4 Å². The number of aromatic nitrogens is 2. The monoisotopic (exact) mass is 497 g/mol. The molecule has 0 bridgehead atoms. The number of ether oxygens (including phenoxy) is 1. The zero-order chi connectivity index (χ0) is 23.7. The molecule has 6 nitrogen and oxygen atoms in total. The molecule has 8 heteroatoms. The van der Waals surface area contributed by atoms with Crippen molar-refractivity contribution in [3.8, 4) is 0 Å². The largest absolute Gasteiger partial charge is 0.376 e. The average Bonchev–Trinajstić information content (AvgIpc) is 3.51. The highest BCUT2D eigenvalue weighted by molar-refractivity contribution is 7.99. The zero-order valence-corrected chi connectivity index (χ0v) is 21.4.